The highest BCUT2D eigenvalue weighted by molar-refractivity contribution is 5.79. The van der Waals surface area contributed by atoms with Gasteiger partial charge in [-0.05, 0) is 101 Å². The summed E-state index contributed by atoms with van der Waals surface area (Å²) in [6, 6.07) is 17.6. The molecule has 0 saturated heterocycles. The van der Waals surface area contributed by atoms with Gasteiger partial charge in [-0.1, -0.05) is 36.4 Å². The second-order valence-electron chi connectivity index (χ2n) is 12.5. The third-order valence-corrected chi connectivity index (χ3v) is 7.53. The number of unbranched alkanes of at least 4 members (excludes halogenated alkanes) is 1. The molecule has 4 rings (SSSR count). The lowest BCUT2D eigenvalue weighted by molar-refractivity contribution is -0.156. The second kappa shape index (κ2) is 16.5. The standard InChI is InChI=1S/C35H48FN5O3/c1-35(2,3)44-34(42)31(40-32-23-28(17-20-37-32)26-11-6-5-7-12-26)18-22-41(24-29(36)25-43-4)21-9-8-14-30-16-15-27-13-10-19-38-33(27)39-30/h5-7,11-12,15-17,20,23,29,31H,8-10,13-14,18-19,21-22,24-25H2,1-4H3,(H,37,40)(H,38,39)/t29-,31-/m0/s1. The minimum atomic E-state index is -1.12. The summed E-state index contributed by atoms with van der Waals surface area (Å²) in [6.07, 6.45) is 5.95. The largest absolute Gasteiger partial charge is 0.458 e. The molecule has 1 aliphatic heterocycles. The first-order chi connectivity index (χ1) is 21.2. The third kappa shape index (κ3) is 10.9. The monoisotopic (exact) mass is 605 g/mol. The minimum Gasteiger partial charge on any atom is -0.458 e. The summed E-state index contributed by atoms with van der Waals surface area (Å²) in [6.45, 7) is 8.02. The van der Waals surface area contributed by atoms with Crippen molar-refractivity contribution in [2.75, 3.05) is 50.5 Å². The minimum absolute atomic E-state index is 0.0342. The number of carbonyl (C=O) groups is 1. The van der Waals surface area contributed by atoms with Crippen LogP contribution in [0.5, 0.6) is 0 Å². The van der Waals surface area contributed by atoms with Crippen LogP contribution in [0.15, 0.2) is 60.8 Å². The van der Waals surface area contributed by atoms with Gasteiger partial charge in [-0.25, -0.2) is 19.2 Å². The molecule has 2 N–H and O–H groups in total. The smallest absolute Gasteiger partial charge is 0.329 e. The molecule has 3 aromatic rings. The number of fused-ring (bicyclic) bond motifs is 1. The van der Waals surface area contributed by atoms with Gasteiger partial charge in [0, 0.05) is 38.6 Å². The molecule has 2 aromatic heterocycles. The van der Waals surface area contributed by atoms with Gasteiger partial charge in [0.25, 0.3) is 0 Å². The first-order valence-electron chi connectivity index (χ1n) is 15.8. The molecule has 0 aliphatic carbocycles. The molecule has 0 spiro atoms. The summed E-state index contributed by atoms with van der Waals surface area (Å²) >= 11 is 0. The van der Waals surface area contributed by atoms with E-state index in [0.717, 1.165) is 61.3 Å². The molecule has 9 heteroatoms. The molecule has 238 valence electrons. The molecule has 2 atom stereocenters. The molecule has 0 fully saturated rings. The highest BCUT2D eigenvalue weighted by Gasteiger charge is 2.27. The zero-order chi connectivity index (χ0) is 31.4. The Kier molecular flexibility index (Phi) is 12.5. The summed E-state index contributed by atoms with van der Waals surface area (Å²) in [4.78, 5) is 24.7. The van der Waals surface area contributed by atoms with E-state index in [1.807, 2.05) is 63.2 Å². The predicted octanol–water partition coefficient (Wildman–Crippen LogP) is 6.32. The van der Waals surface area contributed by atoms with E-state index in [1.54, 1.807) is 6.20 Å². The van der Waals surface area contributed by atoms with Gasteiger partial charge in [0.05, 0.1) is 6.61 Å². The van der Waals surface area contributed by atoms with E-state index >= 15 is 0 Å². The van der Waals surface area contributed by atoms with Crippen molar-refractivity contribution in [3.8, 4) is 11.1 Å². The number of alkyl halides is 1. The van der Waals surface area contributed by atoms with Crippen molar-refractivity contribution in [1.29, 1.82) is 0 Å². The van der Waals surface area contributed by atoms with Crippen molar-refractivity contribution in [3.05, 3.63) is 72.1 Å². The maximum atomic E-state index is 14.7. The number of aromatic nitrogens is 2. The molecule has 0 saturated carbocycles. The predicted molar refractivity (Wildman–Crippen MR) is 175 cm³/mol. The Bertz CT molecular complexity index is 1320. The summed E-state index contributed by atoms with van der Waals surface area (Å²) in [7, 11) is 1.51. The van der Waals surface area contributed by atoms with Crippen LogP contribution in [0.25, 0.3) is 11.1 Å². The number of halogens is 1. The number of rotatable bonds is 16. The summed E-state index contributed by atoms with van der Waals surface area (Å²) in [5, 5.41) is 6.72. The van der Waals surface area contributed by atoms with Gasteiger partial charge in [0.1, 0.15) is 29.5 Å². The van der Waals surface area contributed by atoms with Crippen molar-refractivity contribution in [2.24, 2.45) is 0 Å². The maximum absolute atomic E-state index is 14.7. The lowest BCUT2D eigenvalue weighted by Gasteiger charge is -2.28. The molecule has 0 amide bonds. The van der Waals surface area contributed by atoms with Gasteiger partial charge in [0.2, 0.25) is 0 Å². The molecule has 44 heavy (non-hydrogen) atoms. The van der Waals surface area contributed by atoms with E-state index in [2.05, 4.69) is 32.7 Å². The van der Waals surface area contributed by atoms with E-state index in [0.29, 0.717) is 25.3 Å². The molecular formula is C35H48FN5O3. The van der Waals surface area contributed by atoms with Crippen LogP contribution < -0.4 is 10.6 Å². The van der Waals surface area contributed by atoms with Crippen molar-refractivity contribution in [2.45, 2.75) is 77.1 Å². The Hall–Kier alpha value is -3.56. The topological polar surface area (TPSA) is 88.6 Å². The number of methoxy groups -OCH3 is 1. The number of nitrogens with zero attached hydrogens (tertiary/aromatic N) is 3. The Labute approximate surface area is 261 Å². The lowest BCUT2D eigenvalue weighted by atomic mass is 10.1. The Morgan fingerprint density at radius 3 is 2.68 bits per heavy atom. The van der Waals surface area contributed by atoms with E-state index in [1.165, 1.54) is 12.7 Å². The zero-order valence-corrected chi connectivity index (χ0v) is 26.7. The summed E-state index contributed by atoms with van der Waals surface area (Å²) in [5.74, 6) is 1.24. The molecule has 8 nitrogen and oxygen atoms in total. The fourth-order valence-corrected chi connectivity index (χ4v) is 5.39. The molecule has 0 unspecified atom stereocenters. The molecule has 3 heterocycles. The van der Waals surface area contributed by atoms with Gasteiger partial charge in [-0.2, -0.15) is 0 Å². The van der Waals surface area contributed by atoms with Crippen LogP contribution in [-0.2, 0) is 27.1 Å². The molecular weight excluding hydrogens is 557 g/mol. The number of ether oxygens (including phenoxy) is 2. The highest BCUT2D eigenvalue weighted by Crippen LogP contribution is 2.23. The number of hydrogen-bond acceptors (Lipinski definition) is 8. The van der Waals surface area contributed by atoms with Crippen LogP contribution in [-0.4, -0.2) is 78.5 Å². The van der Waals surface area contributed by atoms with Crippen molar-refractivity contribution < 1.29 is 18.7 Å². The van der Waals surface area contributed by atoms with Gasteiger partial charge < -0.3 is 25.0 Å². The van der Waals surface area contributed by atoms with Crippen LogP contribution in [0.4, 0.5) is 16.0 Å². The van der Waals surface area contributed by atoms with Crippen molar-refractivity contribution in [3.63, 3.8) is 0 Å². The Morgan fingerprint density at radius 2 is 1.91 bits per heavy atom. The summed E-state index contributed by atoms with van der Waals surface area (Å²) in [5.41, 5.74) is 3.78. The number of hydrogen-bond donors (Lipinski definition) is 2. The number of aryl methyl sites for hydroxylation is 2. The van der Waals surface area contributed by atoms with Crippen LogP contribution >= 0.6 is 0 Å². The van der Waals surface area contributed by atoms with Gasteiger partial charge in [-0.15, -0.1) is 0 Å². The van der Waals surface area contributed by atoms with Crippen LogP contribution in [0, 0.1) is 0 Å². The lowest BCUT2D eigenvalue weighted by Crippen LogP contribution is -2.41. The van der Waals surface area contributed by atoms with Crippen molar-refractivity contribution in [1.82, 2.24) is 14.9 Å². The Balaban J connectivity index is 1.40. The summed E-state index contributed by atoms with van der Waals surface area (Å²) < 4.78 is 25.6. The fraction of sp³-hybridized carbons (Fsp3) is 0.514. The highest BCUT2D eigenvalue weighted by atomic mass is 19.1. The van der Waals surface area contributed by atoms with Gasteiger partial charge in [-0.3, -0.25) is 0 Å². The Morgan fingerprint density at radius 1 is 1.09 bits per heavy atom. The van der Waals surface area contributed by atoms with Gasteiger partial charge >= 0.3 is 5.97 Å². The fourth-order valence-electron chi connectivity index (χ4n) is 5.39. The number of carbonyl (C=O) groups excluding carboxylic acids is 1. The van der Waals surface area contributed by atoms with E-state index in [4.69, 9.17) is 14.5 Å². The van der Waals surface area contributed by atoms with E-state index < -0.39 is 17.8 Å². The first kappa shape index (κ1) is 33.3. The number of benzene rings is 1. The second-order valence-corrected chi connectivity index (χ2v) is 12.5. The number of anilines is 2. The quantitative estimate of drug-likeness (QED) is 0.145. The van der Waals surface area contributed by atoms with E-state index in [9.17, 15) is 9.18 Å². The van der Waals surface area contributed by atoms with Crippen LogP contribution in [0.2, 0.25) is 0 Å². The third-order valence-electron chi connectivity index (χ3n) is 7.53. The molecule has 0 radical (unpaired) electrons. The zero-order valence-electron chi connectivity index (χ0n) is 26.7. The van der Waals surface area contributed by atoms with Gasteiger partial charge in [0.15, 0.2) is 0 Å². The molecule has 1 aliphatic rings. The van der Waals surface area contributed by atoms with E-state index in [-0.39, 0.29) is 19.1 Å². The average Bonchev–Trinajstić information content (AvgIpc) is 3.00. The normalized spacial score (nSPS) is 14.4. The molecule has 0 bridgehead atoms. The van der Waals surface area contributed by atoms with Crippen LogP contribution in [0.1, 0.15) is 57.7 Å². The maximum Gasteiger partial charge on any atom is 0.329 e. The average molecular weight is 606 g/mol. The molecule has 1 aromatic carbocycles. The SMILES string of the molecule is COC[C@@H](F)CN(CCCCc1ccc2c(n1)NCCC2)CC[C@H](Nc1cc(-c2ccccc2)ccn1)C(=O)OC(C)(C)C. The number of esters is 1. The number of nitrogens with one attached hydrogen (secondary N) is 2. The number of pyridine rings is 2. The van der Waals surface area contributed by atoms with Crippen LogP contribution in [0.3, 0.4) is 0 Å². The first-order valence-corrected chi connectivity index (χ1v) is 15.8. The van der Waals surface area contributed by atoms with Crippen molar-refractivity contribution >= 4 is 17.6 Å².